The lowest BCUT2D eigenvalue weighted by Gasteiger charge is -2.11. The molecule has 6 nitrogen and oxygen atoms in total. The number of hydrogen-bond acceptors (Lipinski definition) is 5. The SMILES string of the molecule is CS(=O)CCCNCC(O)c1ccc([N+](=O)[O-])cc1. The molecule has 0 fully saturated rings. The van der Waals surface area contributed by atoms with E-state index in [4.69, 9.17) is 0 Å². The summed E-state index contributed by atoms with van der Waals surface area (Å²) < 4.78 is 10.8. The van der Waals surface area contributed by atoms with Crippen molar-refractivity contribution in [3.63, 3.8) is 0 Å². The third kappa shape index (κ3) is 5.91. The summed E-state index contributed by atoms with van der Waals surface area (Å²) in [5, 5.41) is 23.4. The number of nitro benzene ring substituents is 1. The van der Waals surface area contributed by atoms with E-state index >= 15 is 0 Å². The molecule has 0 aliphatic rings. The summed E-state index contributed by atoms with van der Waals surface area (Å²) in [5.41, 5.74) is 0.645. The van der Waals surface area contributed by atoms with Gasteiger partial charge in [-0.25, -0.2) is 0 Å². The molecule has 106 valence electrons. The first-order valence-corrected chi connectivity index (χ1v) is 7.66. The summed E-state index contributed by atoms with van der Waals surface area (Å²) in [6, 6.07) is 5.84. The largest absolute Gasteiger partial charge is 0.387 e. The third-order valence-electron chi connectivity index (χ3n) is 2.61. The Hall–Kier alpha value is -1.31. The van der Waals surface area contributed by atoms with E-state index in [-0.39, 0.29) is 5.69 Å². The molecular weight excluding hydrogens is 268 g/mol. The van der Waals surface area contributed by atoms with E-state index in [1.165, 1.54) is 12.1 Å². The van der Waals surface area contributed by atoms with Crippen LogP contribution < -0.4 is 5.32 Å². The van der Waals surface area contributed by atoms with Gasteiger partial charge in [0.15, 0.2) is 0 Å². The lowest BCUT2D eigenvalue weighted by atomic mass is 10.1. The Bertz CT molecular complexity index is 436. The lowest BCUT2D eigenvalue weighted by Crippen LogP contribution is -2.23. The van der Waals surface area contributed by atoms with E-state index in [1.54, 1.807) is 18.4 Å². The molecule has 0 spiro atoms. The van der Waals surface area contributed by atoms with Crippen LogP contribution in [-0.4, -0.2) is 39.3 Å². The zero-order valence-corrected chi connectivity index (χ0v) is 11.6. The zero-order valence-electron chi connectivity index (χ0n) is 10.7. The lowest BCUT2D eigenvalue weighted by molar-refractivity contribution is -0.384. The van der Waals surface area contributed by atoms with Crippen molar-refractivity contribution in [3.8, 4) is 0 Å². The minimum Gasteiger partial charge on any atom is -0.387 e. The molecule has 1 aromatic rings. The van der Waals surface area contributed by atoms with Gasteiger partial charge in [-0.15, -0.1) is 0 Å². The number of nitrogens with one attached hydrogen (secondary N) is 1. The monoisotopic (exact) mass is 286 g/mol. The van der Waals surface area contributed by atoms with Gasteiger partial charge in [0.05, 0.1) is 11.0 Å². The van der Waals surface area contributed by atoms with Crippen LogP contribution in [0.1, 0.15) is 18.1 Å². The fourth-order valence-electron chi connectivity index (χ4n) is 1.58. The molecule has 0 saturated heterocycles. The molecule has 2 N–H and O–H groups in total. The maximum absolute atomic E-state index is 10.8. The summed E-state index contributed by atoms with van der Waals surface area (Å²) in [5.74, 6) is 0.640. The second kappa shape index (κ2) is 7.98. The van der Waals surface area contributed by atoms with Crippen molar-refractivity contribution in [1.82, 2.24) is 5.32 Å². The number of non-ortho nitro benzene ring substituents is 1. The van der Waals surface area contributed by atoms with Crippen molar-refractivity contribution in [2.75, 3.05) is 25.1 Å². The second-order valence-electron chi connectivity index (χ2n) is 4.20. The molecule has 0 aliphatic heterocycles. The van der Waals surface area contributed by atoms with Crippen molar-refractivity contribution in [3.05, 3.63) is 39.9 Å². The highest BCUT2D eigenvalue weighted by Gasteiger charge is 2.09. The van der Waals surface area contributed by atoms with Gasteiger partial charge in [-0.3, -0.25) is 14.3 Å². The van der Waals surface area contributed by atoms with Crippen LogP contribution in [0.4, 0.5) is 5.69 Å². The van der Waals surface area contributed by atoms with Gasteiger partial charge in [-0.2, -0.15) is 0 Å². The number of rotatable bonds is 8. The van der Waals surface area contributed by atoms with Crippen LogP contribution in [0.25, 0.3) is 0 Å². The Morgan fingerprint density at radius 3 is 2.58 bits per heavy atom. The van der Waals surface area contributed by atoms with Gasteiger partial charge in [0.2, 0.25) is 0 Å². The predicted octanol–water partition coefficient (Wildman–Crippen LogP) is 0.986. The normalized spacial score (nSPS) is 14.0. The van der Waals surface area contributed by atoms with Crippen LogP contribution >= 0.6 is 0 Å². The van der Waals surface area contributed by atoms with Crippen LogP contribution in [0, 0.1) is 10.1 Å². The maximum Gasteiger partial charge on any atom is 0.269 e. The smallest absolute Gasteiger partial charge is 0.269 e. The van der Waals surface area contributed by atoms with Gasteiger partial charge < -0.3 is 10.4 Å². The average molecular weight is 286 g/mol. The van der Waals surface area contributed by atoms with Crippen molar-refractivity contribution in [1.29, 1.82) is 0 Å². The third-order valence-corrected chi connectivity index (χ3v) is 3.48. The standard InChI is InChI=1S/C12H18N2O4S/c1-19(18)8-2-7-13-9-12(15)10-3-5-11(6-4-10)14(16)17/h3-6,12-13,15H,2,7-9H2,1H3. The van der Waals surface area contributed by atoms with Crippen molar-refractivity contribution >= 4 is 16.5 Å². The topological polar surface area (TPSA) is 92.5 Å². The Morgan fingerprint density at radius 2 is 2.05 bits per heavy atom. The molecule has 0 heterocycles. The zero-order chi connectivity index (χ0) is 14.3. The van der Waals surface area contributed by atoms with Gasteiger partial charge in [-0.05, 0) is 30.7 Å². The van der Waals surface area contributed by atoms with E-state index in [9.17, 15) is 19.4 Å². The number of hydrogen-bond donors (Lipinski definition) is 2. The Kier molecular flexibility index (Phi) is 6.61. The predicted molar refractivity (Wildman–Crippen MR) is 74.5 cm³/mol. The molecular formula is C12H18N2O4S. The van der Waals surface area contributed by atoms with Crippen molar-refractivity contribution < 1.29 is 14.2 Å². The molecule has 0 aromatic heterocycles. The fraction of sp³-hybridized carbons (Fsp3) is 0.500. The molecule has 0 radical (unpaired) electrons. The maximum atomic E-state index is 10.8. The van der Waals surface area contributed by atoms with Gasteiger partial charge in [0.1, 0.15) is 0 Å². The van der Waals surface area contributed by atoms with Crippen molar-refractivity contribution in [2.45, 2.75) is 12.5 Å². The van der Waals surface area contributed by atoms with Crippen LogP contribution in [0.15, 0.2) is 24.3 Å². The number of aliphatic hydroxyl groups is 1. The average Bonchev–Trinajstić information content (AvgIpc) is 2.37. The summed E-state index contributed by atoms with van der Waals surface area (Å²) in [7, 11) is -0.789. The number of nitro groups is 1. The van der Waals surface area contributed by atoms with E-state index in [1.807, 2.05) is 0 Å². The second-order valence-corrected chi connectivity index (χ2v) is 5.75. The van der Waals surface area contributed by atoms with Gasteiger partial charge >= 0.3 is 0 Å². The molecule has 0 aliphatic carbocycles. The first-order chi connectivity index (χ1) is 9.00. The molecule has 7 heteroatoms. The molecule has 1 rings (SSSR count). The molecule has 0 amide bonds. The first kappa shape index (κ1) is 15.7. The quantitative estimate of drug-likeness (QED) is 0.422. The van der Waals surface area contributed by atoms with E-state index in [0.29, 0.717) is 24.4 Å². The highest BCUT2D eigenvalue weighted by Crippen LogP contribution is 2.17. The molecule has 2 unspecified atom stereocenters. The molecule has 1 aromatic carbocycles. The van der Waals surface area contributed by atoms with Crippen LogP contribution in [0.2, 0.25) is 0 Å². The Labute approximate surface area is 114 Å². The van der Waals surface area contributed by atoms with Gasteiger partial charge in [0, 0.05) is 41.5 Å². The van der Waals surface area contributed by atoms with Crippen LogP contribution in [-0.2, 0) is 10.8 Å². The summed E-state index contributed by atoms with van der Waals surface area (Å²) in [6.45, 7) is 1.05. The van der Waals surface area contributed by atoms with Gasteiger partial charge in [0.25, 0.3) is 5.69 Å². The van der Waals surface area contributed by atoms with Crippen LogP contribution in [0.3, 0.4) is 0 Å². The van der Waals surface area contributed by atoms with E-state index in [0.717, 1.165) is 6.42 Å². The minimum atomic E-state index is -0.789. The summed E-state index contributed by atoms with van der Waals surface area (Å²) in [6.07, 6.45) is 1.75. The molecule has 0 saturated carbocycles. The number of benzene rings is 1. The minimum absolute atomic E-state index is 0.00864. The fourth-order valence-corrected chi connectivity index (χ4v) is 2.13. The highest BCUT2D eigenvalue weighted by atomic mass is 32.2. The summed E-state index contributed by atoms with van der Waals surface area (Å²) >= 11 is 0. The van der Waals surface area contributed by atoms with Gasteiger partial charge in [-0.1, -0.05) is 0 Å². The van der Waals surface area contributed by atoms with Crippen molar-refractivity contribution in [2.24, 2.45) is 0 Å². The van der Waals surface area contributed by atoms with E-state index < -0.39 is 21.8 Å². The Morgan fingerprint density at radius 1 is 1.42 bits per heavy atom. The molecule has 0 bridgehead atoms. The summed E-state index contributed by atoms with van der Waals surface area (Å²) in [4.78, 5) is 10.0. The highest BCUT2D eigenvalue weighted by molar-refractivity contribution is 7.84. The molecule has 2 atom stereocenters. The first-order valence-electron chi connectivity index (χ1n) is 5.94. The molecule has 19 heavy (non-hydrogen) atoms. The van der Waals surface area contributed by atoms with E-state index in [2.05, 4.69) is 5.32 Å². The number of aliphatic hydroxyl groups excluding tert-OH is 1. The number of nitrogens with zero attached hydrogens (tertiary/aromatic N) is 1. The Balaban J connectivity index is 2.34. The van der Waals surface area contributed by atoms with Crippen LogP contribution in [0.5, 0.6) is 0 Å².